The molecule has 0 aliphatic carbocycles. The highest BCUT2D eigenvalue weighted by molar-refractivity contribution is 6.32. The third-order valence-electron chi connectivity index (χ3n) is 6.50. The lowest BCUT2D eigenvalue weighted by Gasteiger charge is -2.22. The highest BCUT2D eigenvalue weighted by atomic mass is 35.5. The summed E-state index contributed by atoms with van der Waals surface area (Å²) in [5.74, 6) is 1.28. The van der Waals surface area contributed by atoms with Crippen molar-refractivity contribution in [2.24, 2.45) is 11.8 Å². The number of rotatable bonds is 6. The number of carbonyl (C=O) groups excluding carboxylic acids is 1. The number of hydrogen-bond donors (Lipinski definition) is 1. The molecule has 2 atom stereocenters. The normalized spacial score (nSPS) is 21.1. The Bertz CT molecular complexity index is 919. The van der Waals surface area contributed by atoms with Gasteiger partial charge in [0.15, 0.2) is 0 Å². The van der Waals surface area contributed by atoms with Crippen molar-refractivity contribution in [1.82, 2.24) is 9.80 Å². The number of fused-ring (bicyclic) bond motifs is 1. The predicted octanol–water partition coefficient (Wildman–Crippen LogP) is 5.12. The van der Waals surface area contributed by atoms with Crippen LogP contribution in [0.25, 0.3) is 0 Å². The summed E-state index contributed by atoms with van der Waals surface area (Å²) in [6.07, 6.45) is 1.09. The van der Waals surface area contributed by atoms with Crippen LogP contribution in [0.5, 0.6) is 0 Å². The van der Waals surface area contributed by atoms with E-state index in [1.807, 2.05) is 49.1 Å². The van der Waals surface area contributed by atoms with Crippen LogP contribution in [0, 0.1) is 25.7 Å². The Balaban J connectivity index is 1.22. The topological polar surface area (TPSA) is 35.6 Å². The molecule has 2 aromatic rings. The van der Waals surface area contributed by atoms with Gasteiger partial charge in [-0.1, -0.05) is 35.3 Å². The third kappa shape index (κ3) is 4.61. The molecule has 0 spiro atoms. The van der Waals surface area contributed by atoms with E-state index in [1.54, 1.807) is 0 Å². The second-order valence-electron chi connectivity index (χ2n) is 8.65. The van der Waals surface area contributed by atoms with Crippen molar-refractivity contribution in [1.29, 1.82) is 0 Å². The first kappa shape index (κ1) is 21.5. The number of nitrogens with zero attached hydrogens (tertiary/aromatic N) is 2. The fraction of sp³-hybridized carbons (Fsp3) is 0.458. The summed E-state index contributed by atoms with van der Waals surface area (Å²) in [6.45, 7) is 9.83. The van der Waals surface area contributed by atoms with E-state index in [-0.39, 0.29) is 5.91 Å². The van der Waals surface area contributed by atoms with Crippen LogP contribution in [0.2, 0.25) is 10.0 Å². The first-order valence-corrected chi connectivity index (χ1v) is 11.4. The molecule has 2 saturated heterocycles. The second kappa shape index (κ2) is 9.17. The lowest BCUT2D eigenvalue weighted by molar-refractivity contribution is 0.0773. The van der Waals surface area contributed by atoms with Gasteiger partial charge in [-0.15, -0.1) is 0 Å². The standard InChI is InChI=1S/C24H29Cl2N3O/c1-16-7-8-20(11-23(16)26)27-9-4-10-28-12-18-14-29(15-19(18)13-28)24(30)21-5-3-6-22(25)17(21)2/h3,5-8,11,18-19,27H,4,9-10,12-15H2,1-2H3. The second-order valence-corrected chi connectivity index (χ2v) is 9.46. The molecular formula is C24H29Cl2N3O. The lowest BCUT2D eigenvalue weighted by atomic mass is 10.0. The molecular weight excluding hydrogens is 417 g/mol. The number of halogens is 2. The monoisotopic (exact) mass is 445 g/mol. The van der Waals surface area contributed by atoms with Gasteiger partial charge in [0.05, 0.1) is 0 Å². The number of anilines is 1. The minimum atomic E-state index is 0.122. The zero-order chi connectivity index (χ0) is 21.3. The van der Waals surface area contributed by atoms with E-state index in [0.29, 0.717) is 16.9 Å². The minimum absolute atomic E-state index is 0.122. The van der Waals surface area contributed by atoms with Gasteiger partial charge in [0.2, 0.25) is 0 Å². The molecule has 0 radical (unpaired) electrons. The molecule has 2 aromatic carbocycles. The van der Waals surface area contributed by atoms with E-state index in [9.17, 15) is 4.79 Å². The number of likely N-dealkylation sites (tertiary alicyclic amines) is 2. The number of carbonyl (C=O) groups is 1. The van der Waals surface area contributed by atoms with E-state index >= 15 is 0 Å². The van der Waals surface area contributed by atoms with Crippen LogP contribution in [0.3, 0.4) is 0 Å². The van der Waals surface area contributed by atoms with Gasteiger partial charge in [-0.3, -0.25) is 4.79 Å². The van der Waals surface area contributed by atoms with Crippen LogP contribution >= 0.6 is 23.2 Å². The molecule has 1 amide bonds. The molecule has 160 valence electrons. The van der Waals surface area contributed by atoms with Gasteiger partial charge in [0, 0.05) is 54.0 Å². The largest absolute Gasteiger partial charge is 0.385 e. The summed E-state index contributed by atoms with van der Waals surface area (Å²) < 4.78 is 0. The Kier molecular flexibility index (Phi) is 6.57. The van der Waals surface area contributed by atoms with Gasteiger partial charge in [-0.25, -0.2) is 0 Å². The molecule has 0 aromatic heterocycles. The fourth-order valence-electron chi connectivity index (χ4n) is 4.69. The summed E-state index contributed by atoms with van der Waals surface area (Å²) in [5.41, 5.74) is 3.80. The van der Waals surface area contributed by atoms with Crippen molar-refractivity contribution in [2.75, 3.05) is 44.6 Å². The highest BCUT2D eigenvalue weighted by Gasteiger charge is 2.41. The van der Waals surface area contributed by atoms with Crippen LogP contribution in [-0.2, 0) is 0 Å². The zero-order valence-corrected chi connectivity index (χ0v) is 19.1. The SMILES string of the molecule is Cc1ccc(NCCCN2CC3CN(C(=O)c4cccc(Cl)c4C)CC3C2)cc1Cl. The molecule has 2 aliphatic heterocycles. The molecule has 4 rings (SSSR count). The Morgan fingerprint density at radius 1 is 1.03 bits per heavy atom. The van der Waals surface area contributed by atoms with E-state index in [1.165, 1.54) is 0 Å². The molecule has 4 nitrogen and oxygen atoms in total. The Hall–Kier alpha value is -1.75. The molecule has 0 saturated carbocycles. The van der Waals surface area contributed by atoms with E-state index in [4.69, 9.17) is 23.2 Å². The molecule has 30 heavy (non-hydrogen) atoms. The van der Waals surface area contributed by atoms with Crippen LogP contribution < -0.4 is 5.32 Å². The molecule has 2 heterocycles. The van der Waals surface area contributed by atoms with Gasteiger partial charge in [0.25, 0.3) is 5.91 Å². The predicted molar refractivity (Wildman–Crippen MR) is 125 cm³/mol. The van der Waals surface area contributed by atoms with E-state index in [2.05, 4.69) is 16.3 Å². The smallest absolute Gasteiger partial charge is 0.254 e. The molecule has 6 heteroatoms. The first-order valence-electron chi connectivity index (χ1n) is 10.7. The molecule has 2 fully saturated rings. The summed E-state index contributed by atoms with van der Waals surface area (Å²) in [6, 6.07) is 11.7. The van der Waals surface area contributed by atoms with Crippen molar-refractivity contribution in [2.45, 2.75) is 20.3 Å². The lowest BCUT2D eigenvalue weighted by Crippen LogP contribution is -2.34. The van der Waals surface area contributed by atoms with Gasteiger partial charge in [-0.2, -0.15) is 0 Å². The fourth-order valence-corrected chi connectivity index (χ4v) is 5.04. The Labute approximate surface area is 189 Å². The minimum Gasteiger partial charge on any atom is -0.385 e. The Morgan fingerprint density at radius 3 is 2.47 bits per heavy atom. The maximum atomic E-state index is 13.0. The van der Waals surface area contributed by atoms with Gasteiger partial charge >= 0.3 is 0 Å². The van der Waals surface area contributed by atoms with Crippen molar-refractivity contribution < 1.29 is 4.79 Å². The van der Waals surface area contributed by atoms with Gasteiger partial charge in [0.1, 0.15) is 0 Å². The molecule has 1 N–H and O–H groups in total. The molecule has 0 bridgehead atoms. The quantitative estimate of drug-likeness (QED) is 0.626. The van der Waals surface area contributed by atoms with E-state index in [0.717, 1.165) is 73.1 Å². The van der Waals surface area contributed by atoms with Crippen molar-refractivity contribution >= 4 is 34.8 Å². The van der Waals surface area contributed by atoms with Crippen molar-refractivity contribution in [3.05, 3.63) is 63.1 Å². The molecule has 2 unspecified atom stereocenters. The first-order chi connectivity index (χ1) is 14.4. The summed E-state index contributed by atoms with van der Waals surface area (Å²) in [5, 5.41) is 4.93. The maximum absolute atomic E-state index is 13.0. The van der Waals surface area contributed by atoms with E-state index < -0.39 is 0 Å². The average Bonchev–Trinajstić information content (AvgIpc) is 3.28. The van der Waals surface area contributed by atoms with Crippen molar-refractivity contribution in [3.63, 3.8) is 0 Å². The number of hydrogen-bond acceptors (Lipinski definition) is 3. The summed E-state index contributed by atoms with van der Waals surface area (Å²) in [4.78, 5) is 17.5. The number of amides is 1. The number of aryl methyl sites for hydroxylation is 1. The number of nitrogens with one attached hydrogen (secondary N) is 1. The Morgan fingerprint density at radius 2 is 1.77 bits per heavy atom. The maximum Gasteiger partial charge on any atom is 0.254 e. The van der Waals surface area contributed by atoms with Crippen LogP contribution in [-0.4, -0.2) is 55.0 Å². The zero-order valence-electron chi connectivity index (χ0n) is 17.6. The highest BCUT2D eigenvalue weighted by Crippen LogP contribution is 2.32. The van der Waals surface area contributed by atoms with Gasteiger partial charge < -0.3 is 15.1 Å². The average molecular weight is 446 g/mol. The third-order valence-corrected chi connectivity index (χ3v) is 7.32. The van der Waals surface area contributed by atoms with Crippen LogP contribution in [0.1, 0.15) is 27.9 Å². The van der Waals surface area contributed by atoms with Gasteiger partial charge in [-0.05, 0) is 74.0 Å². The molecule has 2 aliphatic rings. The van der Waals surface area contributed by atoms with Crippen molar-refractivity contribution in [3.8, 4) is 0 Å². The number of benzene rings is 2. The van der Waals surface area contributed by atoms with Crippen LogP contribution in [0.4, 0.5) is 5.69 Å². The van der Waals surface area contributed by atoms with Crippen LogP contribution in [0.15, 0.2) is 36.4 Å². The summed E-state index contributed by atoms with van der Waals surface area (Å²) in [7, 11) is 0. The summed E-state index contributed by atoms with van der Waals surface area (Å²) >= 11 is 12.4.